The van der Waals surface area contributed by atoms with E-state index in [9.17, 15) is 18.4 Å². The van der Waals surface area contributed by atoms with Gasteiger partial charge in [0.2, 0.25) is 6.43 Å². The number of aromatic nitrogens is 1. The summed E-state index contributed by atoms with van der Waals surface area (Å²) in [6.45, 7) is 6.22. The van der Waals surface area contributed by atoms with Gasteiger partial charge in [-0.2, -0.15) is 0 Å². The molecule has 1 unspecified atom stereocenters. The molecule has 136 valence electrons. The molecule has 25 heavy (non-hydrogen) atoms. The van der Waals surface area contributed by atoms with Gasteiger partial charge in [-0.05, 0) is 26.0 Å². The molecule has 2 aromatic rings. The molecule has 0 radical (unpaired) electrons. The predicted octanol–water partition coefficient (Wildman–Crippen LogP) is 4.41. The lowest BCUT2D eigenvalue weighted by Crippen LogP contribution is -2.17. The zero-order valence-corrected chi connectivity index (χ0v) is 14.4. The number of para-hydroxylation sites is 1. The van der Waals surface area contributed by atoms with Crippen LogP contribution in [0.2, 0.25) is 0 Å². The van der Waals surface area contributed by atoms with E-state index in [1.165, 1.54) is 25.5 Å². The maximum Gasteiger partial charge on any atom is 0.418 e. The van der Waals surface area contributed by atoms with Crippen LogP contribution in [0.1, 0.15) is 20.3 Å². The summed E-state index contributed by atoms with van der Waals surface area (Å²) < 4.78 is 34.2. The Morgan fingerprint density at radius 3 is 2.44 bits per heavy atom. The Hall–Kier alpha value is -2.70. The topological polar surface area (TPSA) is 57.5 Å². The molecule has 1 aromatic carbocycles. The number of alkyl halides is 2. The lowest BCUT2D eigenvalue weighted by atomic mass is 10.2. The quantitative estimate of drug-likeness (QED) is 0.604. The fourth-order valence-electron chi connectivity index (χ4n) is 1.92. The minimum atomic E-state index is -2.45. The largest absolute Gasteiger partial charge is 0.459 e. The van der Waals surface area contributed by atoms with Crippen molar-refractivity contribution in [3.8, 4) is 0 Å². The van der Waals surface area contributed by atoms with E-state index in [0.717, 1.165) is 10.9 Å². The number of hydrogen-bond acceptors (Lipinski definition) is 4. The summed E-state index contributed by atoms with van der Waals surface area (Å²) in [6.07, 6.45) is -2.29. The minimum Gasteiger partial charge on any atom is -0.459 e. The van der Waals surface area contributed by atoms with E-state index in [4.69, 9.17) is 0 Å². The Morgan fingerprint density at radius 1 is 1.24 bits per heavy atom. The summed E-state index contributed by atoms with van der Waals surface area (Å²) in [5.41, 5.74) is 1.09. The Labute approximate surface area is 144 Å². The second-order valence-corrected chi connectivity index (χ2v) is 5.34. The number of rotatable bonds is 4. The number of carbonyl (C=O) groups is 2. The molecule has 1 atom stereocenters. The molecular formula is C18H21F2NO4. The standard InChI is InChI=1S/C10H9NO2.C8H12F2O2/c1-13-10(12)11-7-6-8-4-2-3-5-9(8)11;1-5(2)8(11)12-6(3)4-7(9)10/h2-7H,1H3;6-7H,1,4H2,2-3H3. The number of ether oxygens (including phenoxy) is 2. The van der Waals surface area contributed by atoms with Gasteiger partial charge in [0.15, 0.2) is 0 Å². The molecule has 0 bridgehead atoms. The molecule has 0 saturated heterocycles. The lowest BCUT2D eigenvalue weighted by molar-refractivity contribution is -0.144. The number of carbonyl (C=O) groups excluding carboxylic acids is 2. The van der Waals surface area contributed by atoms with E-state index in [-0.39, 0.29) is 11.7 Å². The molecule has 0 N–H and O–H groups in total. The van der Waals surface area contributed by atoms with Gasteiger partial charge in [0.25, 0.3) is 0 Å². The van der Waals surface area contributed by atoms with Crippen LogP contribution in [0.5, 0.6) is 0 Å². The number of benzene rings is 1. The Bertz CT molecular complexity index is 740. The van der Waals surface area contributed by atoms with Crippen LogP contribution in [0.25, 0.3) is 10.9 Å². The second kappa shape index (κ2) is 9.56. The molecule has 2 rings (SSSR count). The van der Waals surface area contributed by atoms with Crippen molar-refractivity contribution < 1.29 is 27.8 Å². The van der Waals surface area contributed by atoms with Crippen molar-refractivity contribution in [1.82, 2.24) is 4.57 Å². The Kier molecular flexibility index (Phi) is 7.78. The van der Waals surface area contributed by atoms with Crippen molar-refractivity contribution in [1.29, 1.82) is 0 Å². The number of methoxy groups -OCH3 is 1. The van der Waals surface area contributed by atoms with Gasteiger partial charge in [-0.3, -0.25) is 4.57 Å². The average Bonchev–Trinajstić information content (AvgIpc) is 2.97. The van der Waals surface area contributed by atoms with Gasteiger partial charge in [0.05, 0.1) is 12.6 Å². The molecule has 0 aliphatic rings. The fraction of sp³-hybridized carbons (Fsp3) is 0.333. The van der Waals surface area contributed by atoms with Crippen molar-refractivity contribution in [2.45, 2.75) is 32.8 Å². The summed E-state index contributed by atoms with van der Waals surface area (Å²) in [5.74, 6) is -0.622. The van der Waals surface area contributed by atoms with E-state index < -0.39 is 24.9 Å². The predicted molar refractivity (Wildman–Crippen MR) is 90.7 cm³/mol. The molecule has 0 saturated carbocycles. The van der Waals surface area contributed by atoms with Gasteiger partial charge in [0, 0.05) is 23.6 Å². The first kappa shape index (κ1) is 20.3. The van der Waals surface area contributed by atoms with Gasteiger partial charge in [-0.15, -0.1) is 0 Å². The van der Waals surface area contributed by atoms with Crippen LogP contribution in [0.3, 0.4) is 0 Å². The van der Waals surface area contributed by atoms with Crippen molar-refractivity contribution in [2.75, 3.05) is 7.11 Å². The SMILES string of the molecule is C=C(C)C(=O)OC(C)CC(F)F.COC(=O)n1ccc2ccccc21. The van der Waals surface area contributed by atoms with Gasteiger partial charge in [0.1, 0.15) is 6.10 Å². The molecule has 0 fully saturated rings. The van der Waals surface area contributed by atoms with Crippen LogP contribution in [0, 0.1) is 0 Å². The van der Waals surface area contributed by atoms with Crippen LogP contribution in [-0.4, -0.2) is 36.3 Å². The van der Waals surface area contributed by atoms with Crippen molar-refractivity contribution in [3.63, 3.8) is 0 Å². The van der Waals surface area contributed by atoms with E-state index in [2.05, 4.69) is 16.1 Å². The van der Waals surface area contributed by atoms with Crippen molar-refractivity contribution in [3.05, 3.63) is 48.7 Å². The first-order valence-electron chi connectivity index (χ1n) is 7.55. The van der Waals surface area contributed by atoms with E-state index in [0.29, 0.717) is 0 Å². The zero-order valence-electron chi connectivity index (χ0n) is 14.4. The number of hydrogen-bond donors (Lipinski definition) is 0. The normalized spacial score (nSPS) is 11.4. The summed E-state index contributed by atoms with van der Waals surface area (Å²) >= 11 is 0. The highest BCUT2D eigenvalue weighted by Gasteiger charge is 2.14. The monoisotopic (exact) mass is 353 g/mol. The molecule has 0 amide bonds. The van der Waals surface area contributed by atoms with Crippen LogP contribution < -0.4 is 0 Å². The highest BCUT2D eigenvalue weighted by molar-refractivity contribution is 5.89. The van der Waals surface area contributed by atoms with Crippen LogP contribution in [0.4, 0.5) is 13.6 Å². The highest BCUT2D eigenvalue weighted by atomic mass is 19.3. The van der Waals surface area contributed by atoms with Gasteiger partial charge >= 0.3 is 12.1 Å². The average molecular weight is 353 g/mol. The third-order valence-corrected chi connectivity index (χ3v) is 3.14. The number of nitrogens with zero attached hydrogens (tertiary/aromatic N) is 1. The summed E-state index contributed by atoms with van der Waals surface area (Å²) in [7, 11) is 1.37. The van der Waals surface area contributed by atoms with Gasteiger partial charge in [-0.1, -0.05) is 24.8 Å². The number of fused-ring (bicyclic) bond motifs is 1. The third-order valence-electron chi connectivity index (χ3n) is 3.14. The van der Waals surface area contributed by atoms with E-state index in [1.807, 2.05) is 30.3 Å². The number of halogens is 2. The van der Waals surface area contributed by atoms with Crippen LogP contribution >= 0.6 is 0 Å². The lowest BCUT2D eigenvalue weighted by Gasteiger charge is -2.11. The fourth-order valence-corrected chi connectivity index (χ4v) is 1.92. The van der Waals surface area contributed by atoms with E-state index >= 15 is 0 Å². The van der Waals surface area contributed by atoms with Gasteiger partial charge < -0.3 is 9.47 Å². The highest BCUT2D eigenvalue weighted by Crippen LogP contribution is 2.14. The van der Waals surface area contributed by atoms with Crippen molar-refractivity contribution in [2.24, 2.45) is 0 Å². The maximum atomic E-state index is 11.7. The molecule has 1 heterocycles. The van der Waals surface area contributed by atoms with Gasteiger partial charge in [-0.25, -0.2) is 18.4 Å². The van der Waals surface area contributed by atoms with Crippen LogP contribution in [0.15, 0.2) is 48.7 Å². The Morgan fingerprint density at radius 2 is 1.88 bits per heavy atom. The molecule has 7 heteroatoms. The zero-order chi connectivity index (χ0) is 19.0. The Balaban J connectivity index is 0.000000252. The smallest absolute Gasteiger partial charge is 0.418 e. The summed E-state index contributed by atoms with van der Waals surface area (Å²) in [5, 5.41) is 1.04. The molecule has 0 spiro atoms. The summed E-state index contributed by atoms with van der Waals surface area (Å²) in [4.78, 5) is 22.0. The molecule has 0 aliphatic carbocycles. The van der Waals surface area contributed by atoms with E-state index in [1.54, 1.807) is 6.20 Å². The van der Waals surface area contributed by atoms with Crippen LogP contribution in [-0.2, 0) is 14.3 Å². The molecule has 1 aromatic heterocycles. The minimum absolute atomic E-state index is 0.219. The summed E-state index contributed by atoms with van der Waals surface area (Å²) in [6, 6.07) is 9.54. The van der Waals surface area contributed by atoms with Crippen molar-refractivity contribution >= 4 is 23.0 Å². The first-order valence-corrected chi connectivity index (χ1v) is 7.55. The third kappa shape index (κ3) is 6.37. The first-order chi connectivity index (χ1) is 11.8. The number of esters is 1. The molecule has 5 nitrogen and oxygen atoms in total. The maximum absolute atomic E-state index is 11.7. The molecular weight excluding hydrogens is 332 g/mol. The molecule has 0 aliphatic heterocycles. The second-order valence-electron chi connectivity index (χ2n) is 5.34.